The van der Waals surface area contributed by atoms with Gasteiger partial charge >= 0.3 is 0 Å². The normalized spacial score (nSPS) is 13.2. The van der Waals surface area contributed by atoms with Crippen LogP contribution in [0.2, 0.25) is 0 Å². The minimum absolute atomic E-state index is 0.0164. The van der Waals surface area contributed by atoms with Crippen molar-refractivity contribution in [2.75, 3.05) is 39.2 Å². The van der Waals surface area contributed by atoms with E-state index in [1.54, 1.807) is 25.1 Å². The van der Waals surface area contributed by atoms with Crippen LogP contribution in [0.4, 0.5) is 5.69 Å². The summed E-state index contributed by atoms with van der Waals surface area (Å²) in [6.45, 7) is 4.86. The lowest BCUT2D eigenvalue weighted by Gasteiger charge is -2.16. The van der Waals surface area contributed by atoms with E-state index in [0.29, 0.717) is 19.7 Å². The van der Waals surface area contributed by atoms with Crippen molar-refractivity contribution in [3.8, 4) is 5.75 Å². The molecule has 6 nitrogen and oxygen atoms in total. The Kier molecular flexibility index (Phi) is 8.55. The van der Waals surface area contributed by atoms with Gasteiger partial charge in [-0.2, -0.15) is 0 Å². The van der Waals surface area contributed by atoms with E-state index in [1.165, 1.54) is 27.8 Å². The highest BCUT2D eigenvalue weighted by atomic mass is 16.5. The molecule has 0 fully saturated rings. The van der Waals surface area contributed by atoms with Gasteiger partial charge in [-0.05, 0) is 64.6 Å². The van der Waals surface area contributed by atoms with Crippen molar-refractivity contribution in [2.45, 2.75) is 13.5 Å². The summed E-state index contributed by atoms with van der Waals surface area (Å²) in [5.74, 6) is 0.815. The van der Waals surface area contributed by atoms with E-state index in [2.05, 4.69) is 77.7 Å². The fourth-order valence-corrected chi connectivity index (χ4v) is 4.14. The first-order valence-corrected chi connectivity index (χ1v) is 12.2. The summed E-state index contributed by atoms with van der Waals surface area (Å²) >= 11 is 0. The number of fused-ring (bicyclic) bond motifs is 1. The lowest BCUT2D eigenvalue weighted by Crippen LogP contribution is -2.22. The van der Waals surface area contributed by atoms with Gasteiger partial charge in [0.15, 0.2) is 0 Å². The molecule has 4 rings (SSSR count). The van der Waals surface area contributed by atoms with Crippen LogP contribution in [-0.4, -0.2) is 44.6 Å². The van der Waals surface area contributed by atoms with E-state index in [9.17, 15) is 4.79 Å². The molecule has 0 saturated carbocycles. The molecule has 0 saturated heterocycles. The number of allylic oxidation sites excluding steroid dienone is 1. The average Bonchev–Trinajstić information content (AvgIpc) is 3.37. The fraction of sp³-hybridized carbons (Fsp3) is 0.233. The highest BCUT2D eigenvalue weighted by Gasteiger charge is 2.15. The summed E-state index contributed by atoms with van der Waals surface area (Å²) in [5.41, 5.74) is 14.8. The Balaban J connectivity index is 1.45. The van der Waals surface area contributed by atoms with Crippen LogP contribution in [0.3, 0.4) is 0 Å². The van der Waals surface area contributed by atoms with Crippen molar-refractivity contribution >= 4 is 22.7 Å². The van der Waals surface area contributed by atoms with Crippen LogP contribution in [-0.2, 0) is 11.3 Å². The van der Waals surface area contributed by atoms with Gasteiger partial charge in [0.2, 0.25) is 5.91 Å². The number of hydrogen-bond acceptors (Lipinski definition) is 5. The number of hydrazine groups is 1. The molecule has 0 atom stereocenters. The Morgan fingerprint density at radius 3 is 2.50 bits per heavy atom. The second kappa shape index (κ2) is 12.2. The fourth-order valence-electron chi connectivity index (χ4n) is 4.14. The van der Waals surface area contributed by atoms with Crippen molar-refractivity contribution in [1.29, 1.82) is 0 Å². The standard InChI is InChI=1S/C30H34N4O2/c1-22(23-8-5-4-6-9-23)30(25-13-16-28-26(20-25)21-32-33-28)24-11-14-27(15-12-24)36-19-18-31-17-7-10-29(35)34(2)3/h4-16,20,31-33H,17-19,21H2,1-3H3/b10-7+,30-22+. The first kappa shape index (κ1) is 25.2. The number of benzene rings is 3. The Bertz CT molecular complexity index is 1230. The summed E-state index contributed by atoms with van der Waals surface area (Å²) in [7, 11) is 3.48. The molecule has 0 aliphatic carbocycles. The molecule has 0 spiro atoms. The molecule has 0 bridgehead atoms. The van der Waals surface area contributed by atoms with Gasteiger partial charge < -0.3 is 20.4 Å². The third-order valence-electron chi connectivity index (χ3n) is 6.13. The zero-order chi connectivity index (χ0) is 25.3. The number of nitrogens with zero attached hydrogens (tertiary/aromatic N) is 1. The number of amides is 1. The monoisotopic (exact) mass is 482 g/mol. The van der Waals surface area contributed by atoms with E-state index in [-0.39, 0.29) is 5.91 Å². The maximum Gasteiger partial charge on any atom is 0.245 e. The molecule has 0 radical (unpaired) electrons. The molecule has 0 aromatic heterocycles. The smallest absolute Gasteiger partial charge is 0.245 e. The molecule has 6 heteroatoms. The van der Waals surface area contributed by atoms with Crippen LogP contribution >= 0.6 is 0 Å². The molecule has 3 aromatic rings. The summed E-state index contributed by atoms with van der Waals surface area (Å²) in [6, 6.07) is 25.4. The molecule has 1 aliphatic rings. The maximum absolute atomic E-state index is 11.5. The van der Waals surface area contributed by atoms with Gasteiger partial charge in [-0.1, -0.05) is 54.6 Å². The van der Waals surface area contributed by atoms with Gasteiger partial charge in [0.25, 0.3) is 0 Å². The zero-order valence-electron chi connectivity index (χ0n) is 21.2. The largest absolute Gasteiger partial charge is 0.492 e. The predicted octanol–water partition coefficient (Wildman–Crippen LogP) is 4.71. The minimum Gasteiger partial charge on any atom is -0.492 e. The second-order valence-electron chi connectivity index (χ2n) is 8.93. The van der Waals surface area contributed by atoms with Crippen LogP contribution in [0.15, 0.2) is 84.9 Å². The van der Waals surface area contributed by atoms with Crippen LogP contribution in [0, 0.1) is 0 Å². The summed E-state index contributed by atoms with van der Waals surface area (Å²) in [4.78, 5) is 13.1. The molecule has 36 heavy (non-hydrogen) atoms. The highest BCUT2D eigenvalue weighted by Crippen LogP contribution is 2.35. The maximum atomic E-state index is 11.5. The summed E-state index contributed by atoms with van der Waals surface area (Å²) < 4.78 is 5.92. The first-order chi connectivity index (χ1) is 17.5. The van der Waals surface area contributed by atoms with Crippen molar-refractivity contribution in [3.05, 3.63) is 107 Å². The van der Waals surface area contributed by atoms with Crippen molar-refractivity contribution in [3.63, 3.8) is 0 Å². The second-order valence-corrected chi connectivity index (χ2v) is 8.93. The number of carbonyl (C=O) groups is 1. The summed E-state index contributed by atoms with van der Waals surface area (Å²) in [6.07, 6.45) is 3.40. The van der Waals surface area contributed by atoms with Crippen LogP contribution < -0.4 is 20.9 Å². The third kappa shape index (κ3) is 6.42. The van der Waals surface area contributed by atoms with Crippen molar-refractivity contribution < 1.29 is 9.53 Å². The molecule has 3 N–H and O–H groups in total. The highest BCUT2D eigenvalue weighted by molar-refractivity contribution is 5.98. The van der Waals surface area contributed by atoms with Gasteiger partial charge in [0, 0.05) is 39.8 Å². The zero-order valence-corrected chi connectivity index (χ0v) is 21.2. The number of nitrogens with one attached hydrogen (secondary N) is 3. The van der Waals surface area contributed by atoms with E-state index in [1.807, 2.05) is 24.3 Å². The molecular weight excluding hydrogens is 448 g/mol. The molecule has 186 valence electrons. The van der Waals surface area contributed by atoms with Crippen LogP contribution in [0.25, 0.3) is 11.1 Å². The first-order valence-electron chi connectivity index (χ1n) is 12.2. The number of rotatable bonds is 10. The van der Waals surface area contributed by atoms with Gasteiger partial charge in [-0.15, -0.1) is 0 Å². The van der Waals surface area contributed by atoms with Crippen LogP contribution in [0.1, 0.15) is 29.2 Å². The third-order valence-corrected chi connectivity index (χ3v) is 6.13. The number of anilines is 1. The Morgan fingerprint density at radius 1 is 1.00 bits per heavy atom. The Morgan fingerprint density at radius 2 is 1.75 bits per heavy atom. The number of carbonyl (C=O) groups excluding carboxylic acids is 1. The van der Waals surface area contributed by atoms with E-state index < -0.39 is 0 Å². The van der Waals surface area contributed by atoms with Crippen LogP contribution in [0.5, 0.6) is 5.75 Å². The van der Waals surface area contributed by atoms with Gasteiger partial charge in [0.1, 0.15) is 12.4 Å². The number of likely N-dealkylation sites (N-methyl/N-ethyl adjacent to an activating group) is 1. The van der Waals surface area contributed by atoms with E-state index in [0.717, 1.165) is 23.5 Å². The summed E-state index contributed by atoms with van der Waals surface area (Å²) in [5, 5.41) is 3.25. The lowest BCUT2D eigenvalue weighted by molar-refractivity contribution is -0.123. The molecule has 1 amide bonds. The van der Waals surface area contributed by atoms with Crippen molar-refractivity contribution in [2.24, 2.45) is 0 Å². The number of ether oxygens (including phenoxy) is 1. The van der Waals surface area contributed by atoms with Gasteiger partial charge in [0.05, 0.1) is 5.69 Å². The average molecular weight is 483 g/mol. The molecular formula is C30H34N4O2. The van der Waals surface area contributed by atoms with Gasteiger partial charge in [-0.25, -0.2) is 5.43 Å². The molecule has 3 aromatic carbocycles. The lowest BCUT2D eigenvalue weighted by atomic mass is 9.89. The Hall–Kier alpha value is -3.87. The molecule has 1 aliphatic heterocycles. The van der Waals surface area contributed by atoms with Crippen molar-refractivity contribution in [1.82, 2.24) is 15.6 Å². The number of hydrogen-bond donors (Lipinski definition) is 3. The topological polar surface area (TPSA) is 65.6 Å². The predicted molar refractivity (Wildman–Crippen MR) is 148 cm³/mol. The van der Waals surface area contributed by atoms with E-state index >= 15 is 0 Å². The van der Waals surface area contributed by atoms with Gasteiger partial charge in [-0.3, -0.25) is 4.79 Å². The minimum atomic E-state index is -0.0164. The van der Waals surface area contributed by atoms with E-state index in [4.69, 9.17) is 4.74 Å². The molecule has 0 unspecified atom stereocenters. The molecule has 1 heterocycles. The SMILES string of the molecule is C/C(=C(/c1ccc(OCCNC/C=C/C(=O)N(C)C)cc1)c1ccc2c(c1)CNN2)c1ccccc1. The quantitative estimate of drug-likeness (QED) is 0.222. The Labute approximate surface area is 213 Å².